The third-order valence-electron chi connectivity index (χ3n) is 2.60. The average Bonchev–Trinajstić information content (AvgIpc) is 2.82. The van der Waals surface area contributed by atoms with Gasteiger partial charge in [-0.05, 0) is 11.6 Å². The first-order valence-corrected chi connectivity index (χ1v) is 5.23. The second-order valence-corrected chi connectivity index (χ2v) is 3.66. The van der Waals surface area contributed by atoms with Crippen LogP contribution in [0.4, 0.5) is 0 Å². The largest absolute Gasteiger partial charge is 0.296 e. The molecule has 82 valence electrons. The molecule has 0 fully saturated rings. The minimum atomic E-state index is 0.412. The fourth-order valence-electron chi connectivity index (χ4n) is 1.77. The second-order valence-electron chi connectivity index (χ2n) is 3.66. The Kier molecular flexibility index (Phi) is 2.19. The molecule has 0 aliphatic rings. The van der Waals surface area contributed by atoms with Crippen LogP contribution in [-0.2, 0) is 0 Å². The Bertz CT molecular complexity index is 673. The Morgan fingerprint density at radius 3 is 2.71 bits per heavy atom. The predicted molar refractivity (Wildman–Crippen MR) is 63.8 cm³/mol. The topological polar surface area (TPSA) is 47.3 Å². The molecule has 0 saturated carbocycles. The van der Waals surface area contributed by atoms with Crippen molar-refractivity contribution < 1.29 is 4.79 Å². The molecule has 3 aromatic rings. The lowest BCUT2D eigenvalue weighted by molar-refractivity contribution is 0.111. The van der Waals surface area contributed by atoms with E-state index in [0.717, 1.165) is 17.4 Å². The van der Waals surface area contributed by atoms with Gasteiger partial charge in [-0.15, -0.1) is 0 Å². The first-order valence-electron chi connectivity index (χ1n) is 5.23. The SMILES string of the molecule is O=Cc1ccn2ncc(-c3ccccc3)c2n1. The minimum absolute atomic E-state index is 0.412. The molecular formula is C13H9N3O. The number of fused-ring (bicyclic) bond motifs is 1. The van der Waals surface area contributed by atoms with Crippen LogP contribution in [0.15, 0.2) is 48.8 Å². The van der Waals surface area contributed by atoms with Crippen molar-refractivity contribution in [2.45, 2.75) is 0 Å². The van der Waals surface area contributed by atoms with Crippen molar-refractivity contribution in [2.75, 3.05) is 0 Å². The zero-order chi connectivity index (χ0) is 11.7. The minimum Gasteiger partial charge on any atom is -0.296 e. The number of carbonyl (C=O) groups excluding carboxylic acids is 1. The van der Waals surface area contributed by atoms with Crippen LogP contribution in [0.5, 0.6) is 0 Å². The van der Waals surface area contributed by atoms with Crippen LogP contribution >= 0.6 is 0 Å². The Morgan fingerprint density at radius 1 is 1.12 bits per heavy atom. The molecule has 0 aliphatic heterocycles. The third-order valence-corrected chi connectivity index (χ3v) is 2.60. The van der Waals surface area contributed by atoms with Crippen molar-refractivity contribution in [1.29, 1.82) is 0 Å². The Hall–Kier alpha value is -2.49. The number of rotatable bonds is 2. The standard InChI is InChI=1S/C13H9N3O/c17-9-11-6-7-16-13(15-11)12(8-14-16)10-4-2-1-3-5-10/h1-9H. The Labute approximate surface area is 97.5 Å². The molecule has 0 spiro atoms. The number of hydrogen-bond acceptors (Lipinski definition) is 3. The number of nitrogens with zero attached hydrogens (tertiary/aromatic N) is 3. The summed E-state index contributed by atoms with van der Waals surface area (Å²) in [4.78, 5) is 15.0. The fraction of sp³-hybridized carbons (Fsp3) is 0. The molecule has 0 radical (unpaired) electrons. The number of hydrogen-bond donors (Lipinski definition) is 0. The molecule has 0 aliphatic carbocycles. The smallest absolute Gasteiger partial charge is 0.168 e. The zero-order valence-corrected chi connectivity index (χ0v) is 8.95. The molecule has 4 heteroatoms. The van der Waals surface area contributed by atoms with E-state index >= 15 is 0 Å². The zero-order valence-electron chi connectivity index (χ0n) is 8.95. The Morgan fingerprint density at radius 2 is 1.94 bits per heavy atom. The molecule has 2 aromatic heterocycles. The summed E-state index contributed by atoms with van der Waals surface area (Å²) in [5, 5.41) is 4.21. The molecule has 17 heavy (non-hydrogen) atoms. The average molecular weight is 223 g/mol. The van der Waals surface area contributed by atoms with Gasteiger partial charge in [-0.3, -0.25) is 4.79 Å². The van der Waals surface area contributed by atoms with Crippen LogP contribution < -0.4 is 0 Å². The molecule has 0 atom stereocenters. The van der Waals surface area contributed by atoms with Gasteiger partial charge in [0.2, 0.25) is 0 Å². The number of benzene rings is 1. The molecule has 0 amide bonds. The summed E-state index contributed by atoms with van der Waals surface area (Å²) in [6, 6.07) is 11.5. The summed E-state index contributed by atoms with van der Waals surface area (Å²) in [6.07, 6.45) is 4.23. The van der Waals surface area contributed by atoms with Crippen LogP contribution in [0.3, 0.4) is 0 Å². The van der Waals surface area contributed by atoms with Gasteiger partial charge in [0.15, 0.2) is 11.9 Å². The van der Waals surface area contributed by atoms with Gasteiger partial charge in [0.05, 0.1) is 6.20 Å². The summed E-state index contributed by atoms with van der Waals surface area (Å²) in [5.74, 6) is 0. The van der Waals surface area contributed by atoms with E-state index in [1.807, 2.05) is 30.3 Å². The van der Waals surface area contributed by atoms with Crippen molar-refractivity contribution in [3.8, 4) is 11.1 Å². The maximum absolute atomic E-state index is 10.7. The quantitative estimate of drug-likeness (QED) is 0.626. The van der Waals surface area contributed by atoms with Crippen LogP contribution in [0.1, 0.15) is 10.5 Å². The van der Waals surface area contributed by atoms with E-state index in [9.17, 15) is 4.79 Å². The second kappa shape index (κ2) is 3.83. The molecule has 2 heterocycles. The van der Waals surface area contributed by atoms with E-state index in [1.54, 1.807) is 23.0 Å². The van der Waals surface area contributed by atoms with Crippen molar-refractivity contribution in [3.05, 3.63) is 54.5 Å². The molecule has 0 N–H and O–H groups in total. The van der Waals surface area contributed by atoms with E-state index in [-0.39, 0.29) is 0 Å². The molecule has 0 bridgehead atoms. The van der Waals surface area contributed by atoms with Gasteiger partial charge in [0.1, 0.15) is 5.69 Å². The summed E-state index contributed by atoms with van der Waals surface area (Å²) in [5.41, 5.74) is 3.07. The normalized spacial score (nSPS) is 10.6. The highest BCUT2D eigenvalue weighted by Gasteiger charge is 2.07. The fourth-order valence-corrected chi connectivity index (χ4v) is 1.77. The molecule has 3 rings (SSSR count). The molecular weight excluding hydrogens is 214 g/mol. The number of aldehydes is 1. The van der Waals surface area contributed by atoms with Gasteiger partial charge in [-0.25, -0.2) is 9.50 Å². The summed E-state index contributed by atoms with van der Waals surface area (Å²) in [6.45, 7) is 0. The van der Waals surface area contributed by atoms with Gasteiger partial charge in [-0.1, -0.05) is 30.3 Å². The van der Waals surface area contributed by atoms with Crippen molar-refractivity contribution in [1.82, 2.24) is 14.6 Å². The number of aromatic nitrogens is 3. The number of carbonyl (C=O) groups is 1. The highest BCUT2D eigenvalue weighted by atomic mass is 16.1. The summed E-state index contributed by atoms with van der Waals surface area (Å²) in [7, 11) is 0. The van der Waals surface area contributed by atoms with Gasteiger partial charge in [-0.2, -0.15) is 5.10 Å². The highest BCUT2D eigenvalue weighted by molar-refractivity contribution is 5.79. The molecule has 0 saturated heterocycles. The maximum atomic E-state index is 10.7. The highest BCUT2D eigenvalue weighted by Crippen LogP contribution is 2.22. The first-order chi connectivity index (χ1) is 8.38. The van der Waals surface area contributed by atoms with Crippen molar-refractivity contribution >= 4 is 11.9 Å². The van der Waals surface area contributed by atoms with Crippen LogP contribution in [0.2, 0.25) is 0 Å². The van der Waals surface area contributed by atoms with Crippen LogP contribution in [0, 0.1) is 0 Å². The van der Waals surface area contributed by atoms with Gasteiger partial charge in [0, 0.05) is 11.8 Å². The van der Waals surface area contributed by atoms with Crippen LogP contribution in [-0.4, -0.2) is 20.9 Å². The van der Waals surface area contributed by atoms with Gasteiger partial charge < -0.3 is 0 Å². The van der Waals surface area contributed by atoms with Gasteiger partial charge in [0.25, 0.3) is 0 Å². The monoisotopic (exact) mass is 223 g/mol. The molecule has 4 nitrogen and oxygen atoms in total. The van der Waals surface area contributed by atoms with Crippen molar-refractivity contribution in [3.63, 3.8) is 0 Å². The van der Waals surface area contributed by atoms with E-state index in [2.05, 4.69) is 10.1 Å². The Balaban J connectivity index is 2.27. The molecule has 0 unspecified atom stereocenters. The van der Waals surface area contributed by atoms with Gasteiger partial charge >= 0.3 is 0 Å². The lowest BCUT2D eigenvalue weighted by Crippen LogP contribution is -1.94. The van der Waals surface area contributed by atoms with Crippen LogP contribution in [0.25, 0.3) is 16.8 Å². The molecule has 1 aromatic carbocycles. The van der Waals surface area contributed by atoms with E-state index < -0.39 is 0 Å². The van der Waals surface area contributed by atoms with E-state index in [0.29, 0.717) is 11.3 Å². The maximum Gasteiger partial charge on any atom is 0.168 e. The summed E-state index contributed by atoms with van der Waals surface area (Å²) >= 11 is 0. The van der Waals surface area contributed by atoms with E-state index in [4.69, 9.17) is 0 Å². The van der Waals surface area contributed by atoms with Crippen molar-refractivity contribution in [2.24, 2.45) is 0 Å². The third kappa shape index (κ3) is 1.59. The first kappa shape index (κ1) is 9.72. The van der Waals surface area contributed by atoms with E-state index in [1.165, 1.54) is 0 Å². The lowest BCUT2D eigenvalue weighted by Gasteiger charge is -1.98. The lowest BCUT2D eigenvalue weighted by atomic mass is 10.1. The summed E-state index contributed by atoms with van der Waals surface area (Å²) < 4.78 is 1.66. The predicted octanol–water partition coefficient (Wildman–Crippen LogP) is 2.21.